The van der Waals surface area contributed by atoms with E-state index in [1.54, 1.807) is 16.8 Å². The third kappa shape index (κ3) is 3.84. The summed E-state index contributed by atoms with van der Waals surface area (Å²) in [6.07, 6.45) is 0. The second-order valence-corrected chi connectivity index (χ2v) is 5.34. The van der Waals surface area contributed by atoms with Crippen molar-refractivity contribution in [2.24, 2.45) is 5.92 Å². The first-order valence-electron chi connectivity index (χ1n) is 6.80. The van der Waals surface area contributed by atoms with Crippen LogP contribution in [-0.2, 0) is 6.54 Å². The Morgan fingerprint density at radius 1 is 1.20 bits per heavy atom. The largest absolute Gasteiger partial charge is 0.307 e. The number of hydrogen-bond donors (Lipinski definition) is 1. The van der Waals surface area contributed by atoms with Gasteiger partial charge in [0.25, 0.3) is 0 Å². The fraction of sp³-hybridized carbons (Fsp3) is 0.500. The van der Waals surface area contributed by atoms with Crippen molar-refractivity contribution in [2.45, 2.75) is 33.4 Å². The fourth-order valence-corrected chi connectivity index (χ4v) is 1.90. The molecular weight excluding hydrogens is 257 g/mol. The number of nitrogens with one attached hydrogen (secondary N) is 1. The van der Waals surface area contributed by atoms with Crippen molar-refractivity contribution >= 4 is 0 Å². The number of benzene rings is 1. The minimum absolute atomic E-state index is 0.0767. The van der Waals surface area contributed by atoms with Gasteiger partial charge in [-0.1, -0.05) is 26.0 Å². The van der Waals surface area contributed by atoms with Crippen LogP contribution in [0.25, 0.3) is 0 Å². The smallest absolute Gasteiger partial charge is 0.168 e. The number of hydrogen-bond acceptors (Lipinski definition) is 4. The molecule has 108 valence electrons. The summed E-state index contributed by atoms with van der Waals surface area (Å²) in [7, 11) is 0. The minimum atomic E-state index is -0.238. The van der Waals surface area contributed by atoms with Crippen LogP contribution in [0.4, 0.5) is 4.39 Å². The average Bonchev–Trinajstić information content (AvgIpc) is 2.87. The minimum Gasteiger partial charge on any atom is -0.307 e. The van der Waals surface area contributed by atoms with Crippen molar-refractivity contribution in [3.8, 4) is 0 Å². The summed E-state index contributed by atoms with van der Waals surface area (Å²) in [5.41, 5.74) is 0.969. The Kier molecular flexibility index (Phi) is 4.79. The lowest BCUT2D eigenvalue weighted by molar-refractivity contribution is 0.461. The lowest BCUT2D eigenvalue weighted by Crippen LogP contribution is -2.26. The Balaban J connectivity index is 2.06. The van der Waals surface area contributed by atoms with Crippen molar-refractivity contribution in [2.75, 3.05) is 6.54 Å². The molecule has 6 heteroatoms. The molecule has 2 aromatic rings. The van der Waals surface area contributed by atoms with Gasteiger partial charge in [-0.15, -0.1) is 5.10 Å². The molecule has 0 fully saturated rings. The van der Waals surface area contributed by atoms with E-state index in [2.05, 4.69) is 34.7 Å². The van der Waals surface area contributed by atoms with E-state index in [4.69, 9.17) is 0 Å². The van der Waals surface area contributed by atoms with E-state index in [9.17, 15) is 4.39 Å². The molecule has 0 radical (unpaired) electrons. The maximum absolute atomic E-state index is 12.9. The van der Waals surface area contributed by atoms with E-state index in [-0.39, 0.29) is 11.9 Å². The molecule has 0 saturated carbocycles. The summed E-state index contributed by atoms with van der Waals surface area (Å²) in [4.78, 5) is 0. The quantitative estimate of drug-likeness (QED) is 0.879. The zero-order valence-electron chi connectivity index (χ0n) is 12.0. The van der Waals surface area contributed by atoms with Crippen molar-refractivity contribution in [3.63, 3.8) is 0 Å². The highest BCUT2D eigenvalue weighted by Gasteiger charge is 2.14. The molecule has 0 amide bonds. The van der Waals surface area contributed by atoms with E-state index in [1.807, 2.05) is 6.92 Å². The monoisotopic (exact) mass is 277 g/mol. The molecular formula is C14H20FN5. The zero-order valence-corrected chi connectivity index (χ0v) is 12.0. The van der Waals surface area contributed by atoms with Crippen LogP contribution in [-0.4, -0.2) is 26.8 Å². The van der Waals surface area contributed by atoms with E-state index in [0.717, 1.165) is 17.9 Å². The van der Waals surface area contributed by atoms with Crippen LogP contribution < -0.4 is 5.32 Å². The van der Waals surface area contributed by atoms with Crippen LogP contribution in [0.1, 0.15) is 38.2 Å². The van der Waals surface area contributed by atoms with Crippen LogP contribution in [0.2, 0.25) is 0 Å². The van der Waals surface area contributed by atoms with Crippen molar-refractivity contribution in [1.29, 1.82) is 0 Å². The zero-order chi connectivity index (χ0) is 14.5. The Morgan fingerprint density at radius 2 is 1.90 bits per heavy atom. The maximum atomic E-state index is 12.9. The second-order valence-electron chi connectivity index (χ2n) is 5.34. The van der Waals surface area contributed by atoms with E-state index < -0.39 is 0 Å². The number of halogens is 1. The number of aromatic nitrogens is 4. The second kappa shape index (κ2) is 6.56. The summed E-state index contributed by atoms with van der Waals surface area (Å²) >= 11 is 0. The highest BCUT2D eigenvalue weighted by Crippen LogP contribution is 2.11. The predicted octanol–water partition coefficient (Wildman–Crippen LogP) is 2.17. The molecule has 1 aromatic carbocycles. The first-order chi connectivity index (χ1) is 9.56. The molecule has 1 aromatic heterocycles. The summed E-state index contributed by atoms with van der Waals surface area (Å²) in [5.74, 6) is 1.12. The highest BCUT2D eigenvalue weighted by atomic mass is 19.1. The molecule has 1 unspecified atom stereocenters. The van der Waals surface area contributed by atoms with E-state index in [0.29, 0.717) is 12.5 Å². The molecule has 1 heterocycles. The number of rotatable bonds is 6. The van der Waals surface area contributed by atoms with Crippen LogP contribution in [0.5, 0.6) is 0 Å². The van der Waals surface area contributed by atoms with Crippen molar-refractivity contribution in [3.05, 3.63) is 41.5 Å². The van der Waals surface area contributed by atoms with Gasteiger partial charge in [-0.2, -0.15) is 0 Å². The summed E-state index contributed by atoms with van der Waals surface area (Å²) in [6.45, 7) is 7.79. The van der Waals surface area contributed by atoms with Crippen LogP contribution in [0, 0.1) is 11.7 Å². The van der Waals surface area contributed by atoms with Crippen LogP contribution in [0.3, 0.4) is 0 Å². The van der Waals surface area contributed by atoms with E-state index >= 15 is 0 Å². The molecule has 0 bridgehead atoms. The maximum Gasteiger partial charge on any atom is 0.168 e. The first-order valence-corrected chi connectivity index (χ1v) is 6.80. The summed E-state index contributed by atoms with van der Waals surface area (Å²) < 4.78 is 14.6. The van der Waals surface area contributed by atoms with Crippen molar-refractivity contribution in [1.82, 2.24) is 25.5 Å². The van der Waals surface area contributed by atoms with Gasteiger partial charge in [0.15, 0.2) is 5.82 Å². The standard InChI is InChI=1S/C14H20FN5/c1-10(2)8-16-11(3)14-17-18-19-20(14)9-12-4-6-13(15)7-5-12/h4-7,10-11,16H,8-9H2,1-3H3. The number of tetrazole rings is 1. The molecule has 1 atom stereocenters. The number of nitrogens with zero attached hydrogens (tertiary/aromatic N) is 4. The molecule has 0 aliphatic heterocycles. The van der Waals surface area contributed by atoms with Crippen LogP contribution >= 0.6 is 0 Å². The van der Waals surface area contributed by atoms with Gasteiger partial charge in [-0.25, -0.2) is 9.07 Å². The normalized spacial score (nSPS) is 12.8. The van der Waals surface area contributed by atoms with Gasteiger partial charge in [-0.05, 0) is 47.5 Å². The molecule has 0 aliphatic rings. The van der Waals surface area contributed by atoms with Gasteiger partial charge in [0.2, 0.25) is 0 Å². The van der Waals surface area contributed by atoms with Gasteiger partial charge in [0, 0.05) is 0 Å². The van der Waals surface area contributed by atoms with Gasteiger partial charge >= 0.3 is 0 Å². The van der Waals surface area contributed by atoms with Gasteiger partial charge in [-0.3, -0.25) is 0 Å². The van der Waals surface area contributed by atoms with Crippen molar-refractivity contribution < 1.29 is 4.39 Å². The van der Waals surface area contributed by atoms with Gasteiger partial charge in [0.05, 0.1) is 12.6 Å². The fourth-order valence-electron chi connectivity index (χ4n) is 1.90. The molecule has 0 spiro atoms. The topological polar surface area (TPSA) is 55.6 Å². The summed E-state index contributed by atoms with van der Waals surface area (Å²) in [5, 5.41) is 15.2. The summed E-state index contributed by atoms with van der Waals surface area (Å²) in [6, 6.07) is 6.45. The Labute approximate surface area is 118 Å². The lowest BCUT2D eigenvalue weighted by atomic mass is 10.2. The average molecular weight is 277 g/mol. The molecule has 0 aliphatic carbocycles. The Bertz CT molecular complexity index is 535. The molecule has 0 saturated heterocycles. The SMILES string of the molecule is CC(C)CNC(C)c1nnnn1Cc1ccc(F)cc1. The van der Waals surface area contributed by atoms with Gasteiger partial charge < -0.3 is 5.32 Å². The van der Waals surface area contributed by atoms with Gasteiger partial charge in [0.1, 0.15) is 5.82 Å². The van der Waals surface area contributed by atoms with Crippen LogP contribution in [0.15, 0.2) is 24.3 Å². The lowest BCUT2D eigenvalue weighted by Gasteiger charge is -2.15. The Morgan fingerprint density at radius 3 is 2.55 bits per heavy atom. The first kappa shape index (κ1) is 14.6. The third-order valence-electron chi connectivity index (χ3n) is 3.02. The molecule has 2 rings (SSSR count). The van der Waals surface area contributed by atoms with E-state index in [1.165, 1.54) is 12.1 Å². The predicted molar refractivity (Wildman–Crippen MR) is 74.6 cm³/mol. The molecule has 5 nitrogen and oxygen atoms in total. The molecule has 20 heavy (non-hydrogen) atoms. The molecule has 1 N–H and O–H groups in total. The Hall–Kier alpha value is -1.82. The highest BCUT2D eigenvalue weighted by molar-refractivity contribution is 5.16. The third-order valence-corrected chi connectivity index (χ3v) is 3.02.